The summed E-state index contributed by atoms with van der Waals surface area (Å²) in [5, 5.41) is 1.69. The summed E-state index contributed by atoms with van der Waals surface area (Å²) in [4.78, 5) is 19.4. The van der Waals surface area contributed by atoms with Crippen molar-refractivity contribution in [2.45, 2.75) is 27.3 Å². The second kappa shape index (κ2) is 6.62. The summed E-state index contributed by atoms with van der Waals surface area (Å²) < 4.78 is 13.3. The van der Waals surface area contributed by atoms with Crippen molar-refractivity contribution in [3.63, 3.8) is 0 Å². The third-order valence-electron chi connectivity index (χ3n) is 3.67. The Balaban J connectivity index is 1.96. The maximum Gasteiger partial charge on any atom is 0.330 e. The number of carbonyl (C=O) groups excluding carboxylic acids is 1. The van der Waals surface area contributed by atoms with Gasteiger partial charge in [-0.3, -0.25) is 0 Å². The zero-order valence-electron chi connectivity index (χ0n) is 13.4. The van der Waals surface area contributed by atoms with Gasteiger partial charge in [0.15, 0.2) is 0 Å². The molecule has 0 spiro atoms. The second-order valence-corrected chi connectivity index (χ2v) is 6.52. The van der Waals surface area contributed by atoms with Crippen molar-refractivity contribution in [2.24, 2.45) is 11.1 Å². The van der Waals surface area contributed by atoms with Crippen molar-refractivity contribution in [1.82, 2.24) is 5.06 Å². The minimum Gasteiger partial charge on any atom is -0.368 e. The molecule has 1 heterocycles. The minimum atomic E-state index is -0.513. The lowest BCUT2D eigenvalue weighted by Crippen LogP contribution is -2.48. The van der Waals surface area contributed by atoms with Gasteiger partial charge < -0.3 is 15.5 Å². The smallest absolute Gasteiger partial charge is 0.330 e. The van der Waals surface area contributed by atoms with E-state index in [-0.39, 0.29) is 11.8 Å². The van der Waals surface area contributed by atoms with Crippen molar-refractivity contribution in [2.75, 3.05) is 31.1 Å². The highest BCUT2D eigenvalue weighted by atomic mass is 19.1. The topological polar surface area (TPSA) is 58.8 Å². The van der Waals surface area contributed by atoms with Crippen molar-refractivity contribution in [3.05, 3.63) is 29.6 Å². The standard InChI is InChI=1S/C16H24FN3O2/c1-16(2,3)15(21)22-20-8-6-19(7-9-20)14-5-4-13(17)10-12(14)11-18/h4-5,10H,6-9,11,18H2,1-3H3. The fourth-order valence-electron chi connectivity index (χ4n) is 2.30. The van der Waals surface area contributed by atoms with Gasteiger partial charge in [0.05, 0.1) is 18.5 Å². The predicted molar refractivity (Wildman–Crippen MR) is 83.6 cm³/mol. The second-order valence-electron chi connectivity index (χ2n) is 6.52. The van der Waals surface area contributed by atoms with Gasteiger partial charge >= 0.3 is 5.97 Å². The van der Waals surface area contributed by atoms with E-state index in [0.29, 0.717) is 32.7 Å². The van der Waals surface area contributed by atoms with Gasteiger partial charge in [-0.1, -0.05) is 0 Å². The van der Waals surface area contributed by atoms with E-state index in [1.807, 2.05) is 20.8 Å². The minimum absolute atomic E-state index is 0.231. The van der Waals surface area contributed by atoms with Crippen LogP contribution in [0.5, 0.6) is 0 Å². The molecule has 1 aromatic rings. The molecule has 0 unspecified atom stereocenters. The lowest BCUT2D eigenvalue weighted by Gasteiger charge is -2.36. The lowest BCUT2D eigenvalue weighted by atomic mass is 9.98. The number of rotatable bonds is 3. The third kappa shape index (κ3) is 3.96. The number of hydrogen-bond acceptors (Lipinski definition) is 5. The van der Waals surface area contributed by atoms with Gasteiger partial charge in [-0.05, 0) is 44.5 Å². The predicted octanol–water partition coefficient (Wildman–Crippen LogP) is 1.91. The molecule has 0 aromatic heterocycles. The van der Waals surface area contributed by atoms with Gasteiger partial charge in [-0.15, -0.1) is 5.06 Å². The molecule has 0 atom stereocenters. The first-order valence-corrected chi connectivity index (χ1v) is 7.52. The number of nitrogens with zero attached hydrogens (tertiary/aromatic N) is 2. The van der Waals surface area contributed by atoms with E-state index in [2.05, 4.69) is 4.90 Å². The Kier molecular flexibility index (Phi) is 5.03. The Hall–Kier alpha value is -1.66. The van der Waals surface area contributed by atoms with Crippen molar-refractivity contribution in [1.29, 1.82) is 0 Å². The normalized spacial score (nSPS) is 16.7. The summed E-state index contributed by atoms with van der Waals surface area (Å²) in [5.41, 5.74) is 6.92. The lowest BCUT2D eigenvalue weighted by molar-refractivity contribution is -0.201. The first kappa shape index (κ1) is 16.7. The highest BCUT2D eigenvalue weighted by molar-refractivity contribution is 5.75. The average Bonchev–Trinajstić information content (AvgIpc) is 2.47. The fourth-order valence-corrected chi connectivity index (χ4v) is 2.30. The molecule has 1 aromatic carbocycles. The van der Waals surface area contributed by atoms with Crippen LogP contribution in [0.3, 0.4) is 0 Å². The fraction of sp³-hybridized carbons (Fsp3) is 0.562. The number of benzene rings is 1. The van der Waals surface area contributed by atoms with Gasteiger partial charge in [0.1, 0.15) is 5.82 Å². The number of piperazine rings is 1. The molecule has 0 saturated carbocycles. The molecular weight excluding hydrogens is 285 g/mol. The van der Waals surface area contributed by atoms with Crippen LogP contribution >= 0.6 is 0 Å². The maximum absolute atomic E-state index is 13.3. The zero-order valence-corrected chi connectivity index (χ0v) is 13.4. The zero-order chi connectivity index (χ0) is 16.3. The summed E-state index contributed by atoms with van der Waals surface area (Å²) in [7, 11) is 0. The third-order valence-corrected chi connectivity index (χ3v) is 3.67. The SMILES string of the molecule is CC(C)(C)C(=O)ON1CCN(c2ccc(F)cc2CN)CC1. The summed E-state index contributed by atoms with van der Waals surface area (Å²) in [6, 6.07) is 4.68. The number of nitrogens with two attached hydrogens (primary N) is 1. The van der Waals surface area contributed by atoms with E-state index in [4.69, 9.17) is 10.6 Å². The molecule has 1 saturated heterocycles. The van der Waals surface area contributed by atoms with Gasteiger partial charge in [-0.2, -0.15) is 0 Å². The molecule has 122 valence electrons. The van der Waals surface area contributed by atoms with Crippen LogP contribution in [-0.2, 0) is 16.2 Å². The van der Waals surface area contributed by atoms with Crippen LogP contribution in [0.15, 0.2) is 18.2 Å². The first-order valence-electron chi connectivity index (χ1n) is 7.52. The van der Waals surface area contributed by atoms with E-state index < -0.39 is 5.41 Å². The van der Waals surface area contributed by atoms with E-state index >= 15 is 0 Å². The molecule has 0 aliphatic carbocycles. The van der Waals surface area contributed by atoms with Crippen LogP contribution in [0.1, 0.15) is 26.3 Å². The highest BCUT2D eigenvalue weighted by Gasteiger charge is 2.28. The largest absolute Gasteiger partial charge is 0.368 e. The van der Waals surface area contributed by atoms with Crippen molar-refractivity contribution >= 4 is 11.7 Å². The number of carbonyl (C=O) groups is 1. The number of hydrogen-bond donors (Lipinski definition) is 1. The van der Waals surface area contributed by atoms with Crippen LogP contribution in [-0.4, -0.2) is 37.2 Å². The van der Waals surface area contributed by atoms with Gasteiger partial charge in [-0.25, -0.2) is 9.18 Å². The number of hydroxylamine groups is 2. The van der Waals surface area contributed by atoms with Gasteiger partial charge in [0.2, 0.25) is 0 Å². The first-order chi connectivity index (χ1) is 10.3. The molecule has 1 aliphatic rings. The van der Waals surface area contributed by atoms with Crippen LogP contribution < -0.4 is 10.6 Å². The number of halogens is 1. The molecule has 6 heteroatoms. The Bertz CT molecular complexity index is 535. The Morgan fingerprint density at radius 2 is 1.91 bits per heavy atom. The molecule has 0 radical (unpaired) electrons. The van der Waals surface area contributed by atoms with Crippen LogP contribution in [0.25, 0.3) is 0 Å². The van der Waals surface area contributed by atoms with E-state index in [0.717, 1.165) is 11.3 Å². The molecule has 1 fully saturated rings. The molecule has 5 nitrogen and oxygen atoms in total. The molecular formula is C16H24FN3O2. The maximum atomic E-state index is 13.3. The summed E-state index contributed by atoms with van der Waals surface area (Å²) in [6.07, 6.45) is 0. The molecule has 0 amide bonds. The van der Waals surface area contributed by atoms with Crippen molar-refractivity contribution < 1.29 is 14.0 Å². The summed E-state index contributed by atoms with van der Waals surface area (Å²) in [6.45, 7) is 8.43. The van der Waals surface area contributed by atoms with Crippen LogP contribution in [0.2, 0.25) is 0 Å². The molecule has 22 heavy (non-hydrogen) atoms. The highest BCUT2D eigenvalue weighted by Crippen LogP contribution is 2.23. The Morgan fingerprint density at radius 3 is 2.45 bits per heavy atom. The average molecular weight is 309 g/mol. The molecule has 1 aliphatic heterocycles. The summed E-state index contributed by atoms with van der Waals surface area (Å²) in [5.74, 6) is -0.507. The summed E-state index contributed by atoms with van der Waals surface area (Å²) >= 11 is 0. The van der Waals surface area contributed by atoms with Gasteiger partial charge in [0.25, 0.3) is 0 Å². The van der Waals surface area contributed by atoms with E-state index in [1.165, 1.54) is 12.1 Å². The van der Waals surface area contributed by atoms with Crippen LogP contribution in [0.4, 0.5) is 10.1 Å². The van der Waals surface area contributed by atoms with E-state index in [1.54, 1.807) is 11.1 Å². The van der Waals surface area contributed by atoms with Crippen molar-refractivity contribution in [3.8, 4) is 0 Å². The Labute approximate surface area is 130 Å². The Morgan fingerprint density at radius 1 is 1.27 bits per heavy atom. The molecule has 2 rings (SSSR count). The van der Waals surface area contributed by atoms with Gasteiger partial charge in [0, 0.05) is 25.3 Å². The number of anilines is 1. The molecule has 0 bridgehead atoms. The van der Waals surface area contributed by atoms with E-state index in [9.17, 15) is 9.18 Å². The quantitative estimate of drug-likeness (QED) is 0.924. The van der Waals surface area contributed by atoms with Crippen LogP contribution in [0, 0.1) is 11.2 Å². The molecule has 2 N–H and O–H groups in total. The monoisotopic (exact) mass is 309 g/mol.